The second-order valence-electron chi connectivity index (χ2n) is 17.8. The lowest BCUT2D eigenvalue weighted by Gasteiger charge is -2.44. The molecular formula is C47H72N2O16. The summed E-state index contributed by atoms with van der Waals surface area (Å²) < 4.78 is 29.1. The molecule has 12 N–H and O–H groups in total. The second-order valence-corrected chi connectivity index (χ2v) is 17.8. The van der Waals surface area contributed by atoms with Gasteiger partial charge in [0.1, 0.15) is 18.3 Å². The Labute approximate surface area is 381 Å². The molecule has 0 aliphatic carbocycles. The number of carbonyl (C=O) groups excluding carboxylic acids is 2. The smallest absolute Gasteiger partial charge is 0.407 e. The molecule has 4 aliphatic heterocycles. The molecule has 2 bridgehead atoms. The summed E-state index contributed by atoms with van der Waals surface area (Å²) in [5.74, 6) is -3.50. The fraction of sp³-hybridized carbons (Fsp3) is 0.660. The highest BCUT2D eigenvalue weighted by Gasteiger charge is 2.53. The van der Waals surface area contributed by atoms with Gasteiger partial charge in [-0.1, -0.05) is 98.9 Å². The van der Waals surface area contributed by atoms with Crippen molar-refractivity contribution in [2.75, 3.05) is 0 Å². The van der Waals surface area contributed by atoms with Gasteiger partial charge in [-0.2, -0.15) is 0 Å². The zero-order valence-electron chi connectivity index (χ0n) is 37.6. The van der Waals surface area contributed by atoms with E-state index in [1.54, 1.807) is 51.2 Å². The predicted molar refractivity (Wildman–Crippen MR) is 237 cm³/mol. The summed E-state index contributed by atoms with van der Waals surface area (Å²) in [7, 11) is 0. The molecule has 18 nitrogen and oxygen atoms in total. The molecule has 3 fully saturated rings. The Balaban J connectivity index is 1.53. The molecule has 366 valence electrons. The second kappa shape index (κ2) is 26.1. The highest BCUT2D eigenvalue weighted by atomic mass is 16.7. The Morgan fingerprint density at radius 3 is 1.88 bits per heavy atom. The van der Waals surface area contributed by atoms with Crippen LogP contribution in [0.2, 0.25) is 0 Å². The first-order valence-electron chi connectivity index (χ1n) is 22.5. The number of rotatable bonds is 2. The number of amides is 1. The van der Waals surface area contributed by atoms with Gasteiger partial charge in [-0.25, -0.2) is 4.79 Å². The van der Waals surface area contributed by atoms with E-state index in [-0.39, 0.29) is 38.0 Å². The molecule has 65 heavy (non-hydrogen) atoms. The van der Waals surface area contributed by atoms with E-state index in [4.69, 9.17) is 29.4 Å². The van der Waals surface area contributed by atoms with Crippen molar-refractivity contribution in [1.29, 1.82) is 0 Å². The van der Waals surface area contributed by atoms with E-state index in [0.717, 1.165) is 0 Å². The number of nitrogens with one attached hydrogen (secondary N) is 1. The zero-order chi connectivity index (χ0) is 47.8. The summed E-state index contributed by atoms with van der Waals surface area (Å²) in [5.41, 5.74) is 6.07. The van der Waals surface area contributed by atoms with Crippen LogP contribution in [0.4, 0.5) is 4.79 Å². The number of cyclic esters (lactones) is 1. The Morgan fingerprint density at radius 1 is 0.646 bits per heavy atom. The van der Waals surface area contributed by atoms with Crippen molar-refractivity contribution in [3.8, 4) is 0 Å². The lowest BCUT2D eigenvalue weighted by atomic mass is 9.87. The van der Waals surface area contributed by atoms with Crippen molar-refractivity contribution in [2.24, 2.45) is 17.6 Å². The summed E-state index contributed by atoms with van der Waals surface area (Å²) in [4.78, 5) is 25.1. The molecule has 0 aromatic heterocycles. The summed E-state index contributed by atoms with van der Waals surface area (Å²) >= 11 is 0. The first-order chi connectivity index (χ1) is 30.8. The number of carbonyl (C=O) groups is 2. The van der Waals surface area contributed by atoms with Gasteiger partial charge in [0.2, 0.25) is 0 Å². The highest BCUT2D eigenvalue weighted by molar-refractivity contribution is 5.70. The van der Waals surface area contributed by atoms with Gasteiger partial charge in [0.05, 0.1) is 79.5 Å². The largest absolute Gasteiger partial charge is 0.462 e. The van der Waals surface area contributed by atoms with Crippen molar-refractivity contribution < 1.29 is 79.2 Å². The molecule has 0 spiro atoms. The normalized spacial score (nSPS) is 46.2. The molecule has 1 amide bonds. The van der Waals surface area contributed by atoms with E-state index in [1.165, 1.54) is 0 Å². The molecule has 4 heterocycles. The molecule has 3 saturated heterocycles. The minimum Gasteiger partial charge on any atom is -0.462 e. The van der Waals surface area contributed by atoms with Gasteiger partial charge in [0.25, 0.3) is 0 Å². The van der Waals surface area contributed by atoms with Crippen LogP contribution in [0.1, 0.15) is 79.1 Å². The third-order valence-electron chi connectivity index (χ3n) is 12.3. The summed E-state index contributed by atoms with van der Waals surface area (Å²) in [6, 6.07) is -1.84. The average molecular weight is 921 g/mol. The zero-order valence-corrected chi connectivity index (χ0v) is 37.6. The van der Waals surface area contributed by atoms with Crippen LogP contribution in [0.3, 0.4) is 0 Å². The number of esters is 1. The number of fused-ring (bicyclic) bond motifs is 4. The quantitative estimate of drug-likeness (QED) is 0.173. The Hall–Kier alpha value is -3.60. The van der Waals surface area contributed by atoms with E-state index in [1.807, 2.05) is 61.6 Å². The Kier molecular flexibility index (Phi) is 21.7. The van der Waals surface area contributed by atoms with E-state index in [9.17, 15) is 55.5 Å². The molecule has 18 heteroatoms. The predicted octanol–water partition coefficient (Wildman–Crippen LogP) is 1.13. The number of alkyl carbamates (subject to hydrolysis) is 1. The molecule has 0 aromatic rings. The maximum absolute atomic E-state index is 12.6. The van der Waals surface area contributed by atoms with E-state index in [2.05, 4.69) is 5.32 Å². The van der Waals surface area contributed by atoms with Crippen LogP contribution in [-0.2, 0) is 28.5 Å². The maximum atomic E-state index is 12.6. The molecule has 4 rings (SSSR count). The van der Waals surface area contributed by atoms with E-state index >= 15 is 0 Å². The third-order valence-corrected chi connectivity index (χ3v) is 12.3. The number of hydrogen-bond acceptors (Lipinski definition) is 17. The van der Waals surface area contributed by atoms with Crippen LogP contribution in [0.5, 0.6) is 0 Å². The minimum absolute atomic E-state index is 0.0414. The van der Waals surface area contributed by atoms with Gasteiger partial charge in [-0.05, 0) is 33.1 Å². The van der Waals surface area contributed by atoms with Crippen LogP contribution in [0.25, 0.3) is 0 Å². The fourth-order valence-electron chi connectivity index (χ4n) is 8.23. The van der Waals surface area contributed by atoms with Gasteiger partial charge >= 0.3 is 12.1 Å². The van der Waals surface area contributed by atoms with Crippen molar-refractivity contribution in [3.05, 3.63) is 85.1 Å². The molecule has 0 unspecified atom stereocenters. The van der Waals surface area contributed by atoms with Gasteiger partial charge in [0, 0.05) is 37.5 Å². The minimum atomic E-state index is -2.09. The molecular weight excluding hydrogens is 849 g/mol. The number of allylic oxidation sites excluding steroid dienone is 12. The lowest BCUT2D eigenvalue weighted by Crippen LogP contribution is -2.62. The summed E-state index contributed by atoms with van der Waals surface area (Å²) in [6.45, 7) is 6.84. The van der Waals surface area contributed by atoms with Crippen molar-refractivity contribution >= 4 is 12.1 Å². The first kappa shape index (κ1) is 54.0. The van der Waals surface area contributed by atoms with Crippen LogP contribution >= 0.6 is 0 Å². The van der Waals surface area contributed by atoms with Crippen molar-refractivity contribution in [3.63, 3.8) is 0 Å². The van der Waals surface area contributed by atoms with Crippen LogP contribution in [0.15, 0.2) is 85.1 Å². The van der Waals surface area contributed by atoms with Crippen LogP contribution in [-0.4, -0.2) is 162 Å². The lowest BCUT2D eigenvalue weighted by molar-refractivity contribution is -0.298. The standard InChI is InChI=1S/C47H72N2O16/c1-27-17-15-13-11-9-7-5-6-8-10-12-14-16-18-34(63-45-44(58)40(48)43(57)30(4)62-45)24-37-41-38(64-46(59)49-41)26-47(60,65-37)25-33(52)22-36(54)35(53)20-19-31(50)21-32(51)23-39(55)61-29(3)28(2)42(27)56/h5-18,27-38,40-45,50-54,56-58,60H,19-26,48H2,1-4H3,(H,49,59)/b6-5+,9-7+,10-8+,13-11+,14-12+,17-15+,18-16+/t27-,28-,29-,30+,31+,32+,33-,34-,35+,36+,37-,38-,40-,41-,42+,43+,44-,45-,47+/m0/s1. The highest BCUT2D eigenvalue weighted by Crippen LogP contribution is 2.38. The van der Waals surface area contributed by atoms with E-state index in [0.29, 0.717) is 0 Å². The number of hydrogen-bond donors (Lipinski definition) is 11. The topological polar surface area (TPSA) is 300 Å². The SMILES string of the molecule is C[C@@H]1[C@H](O)[C@@H](C)/C=C/C=C/C=C/C=C/C=C/C=C/C=C/[C@H](O[C@@H]2O[C@H](C)[C@@H](O)[C@H](N)[C@@H]2O)C[C@@H]2O[C@](O)(C[C@@H](O)C[C@@H](O)[C@H](O)CC[C@@H](O)C[C@@H](O)CC(=O)O[C@H]1C)C[C@@H]1OC(=O)N[C@H]12. The molecule has 0 radical (unpaired) electrons. The van der Waals surface area contributed by atoms with E-state index < -0.39 is 141 Å². The Bertz CT molecular complexity index is 1700. The number of aliphatic hydroxyl groups is 9. The molecule has 19 atom stereocenters. The van der Waals surface area contributed by atoms with Crippen LogP contribution < -0.4 is 11.1 Å². The molecule has 0 saturated carbocycles. The van der Waals surface area contributed by atoms with Crippen LogP contribution in [0, 0.1) is 11.8 Å². The van der Waals surface area contributed by atoms with Gasteiger partial charge in [0.15, 0.2) is 12.1 Å². The van der Waals surface area contributed by atoms with Crippen molar-refractivity contribution in [2.45, 2.75) is 183 Å². The van der Waals surface area contributed by atoms with Gasteiger partial charge < -0.3 is 80.7 Å². The fourth-order valence-corrected chi connectivity index (χ4v) is 8.23. The number of ether oxygens (including phenoxy) is 5. The summed E-state index contributed by atoms with van der Waals surface area (Å²) in [6.07, 6.45) is 6.59. The molecule has 4 aliphatic rings. The van der Waals surface area contributed by atoms with Gasteiger partial charge in [-0.15, -0.1) is 0 Å². The average Bonchev–Trinajstić information content (AvgIpc) is 3.61. The first-order valence-corrected chi connectivity index (χ1v) is 22.5. The Morgan fingerprint density at radius 2 is 1.25 bits per heavy atom. The molecule has 0 aromatic carbocycles. The number of nitrogens with two attached hydrogens (primary N) is 1. The third kappa shape index (κ3) is 17.2. The monoisotopic (exact) mass is 920 g/mol. The van der Waals surface area contributed by atoms with Gasteiger partial charge in [-0.3, -0.25) is 4.79 Å². The number of aliphatic hydroxyl groups excluding tert-OH is 8. The van der Waals surface area contributed by atoms with Crippen molar-refractivity contribution in [1.82, 2.24) is 5.32 Å². The summed E-state index contributed by atoms with van der Waals surface area (Å²) in [5, 5.41) is 100. The maximum Gasteiger partial charge on any atom is 0.407 e.